The Balaban J connectivity index is 3.31. The number of benzene rings is 1. The van der Waals surface area contributed by atoms with Crippen molar-refractivity contribution < 1.29 is 24.2 Å². The minimum Gasteiger partial charge on any atom is -0.490 e. The highest BCUT2D eigenvalue weighted by Crippen LogP contribution is 2.38. The number of amides is 1. The van der Waals surface area contributed by atoms with Crippen LogP contribution in [0.25, 0.3) is 6.08 Å². The van der Waals surface area contributed by atoms with Crippen molar-refractivity contribution in [3.05, 3.63) is 27.9 Å². The van der Waals surface area contributed by atoms with Crippen molar-refractivity contribution in [1.82, 2.24) is 5.32 Å². The van der Waals surface area contributed by atoms with E-state index in [1.807, 2.05) is 20.8 Å². The first kappa shape index (κ1) is 19.0. The van der Waals surface area contributed by atoms with Gasteiger partial charge in [-0.05, 0) is 60.5 Å². The maximum Gasteiger partial charge on any atom is 0.352 e. The van der Waals surface area contributed by atoms with E-state index >= 15 is 0 Å². The number of carbonyl (C=O) groups excluding carboxylic acids is 1. The summed E-state index contributed by atoms with van der Waals surface area (Å²) in [5.41, 5.74) is 0.340. The molecule has 1 aromatic rings. The highest BCUT2D eigenvalue weighted by atomic mass is 79.9. The molecule has 126 valence electrons. The highest BCUT2D eigenvalue weighted by molar-refractivity contribution is 9.10. The van der Waals surface area contributed by atoms with E-state index in [0.29, 0.717) is 28.1 Å². The zero-order chi connectivity index (χ0) is 17.6. The van der Waals surface area contributed by atoms with Crippen LogP contribution >= 0.6 is 15.9 Å². The Kier molecular flexibility index (Phi) is 7.09. The molecule has 0 radical (unpaired) electrons. The van der Waals surface area contributed by atoms with Crippen LogP contribution in [0.1, 0.15) is 33.3 Å². The van der Waals surface area contributed by atoms with E-state index in [1.54, 1.807) is 12.1 Å². The fourth-order valence-electron chi connectivity index (χ4n) is 1.79. The lowest BCUT2D eigenvalue weighted by atomic mass is 10.1. The lowest BCUT2D eigenvalue weighted by molar-refractivity contribution is -0.134. The number of hydrogen-bond donors (Lipinski definition) is 2. The molecule has 0 unspecified atom stereocenters. The average Bonchev–Trinajstić information content (AvgIpc) is 2.41. The number of carbonyl (C=O) groups is 2. The first-order valence-electron chi connectivity index (χ1n) is 7.10. The predicted octanol–water partition coefficient (Wildman–Crippen LogP) is 3.20. The van der Waals surface area contributed by atoms with Crippen molar-refractivity contribution in [3.63, 3.8) is 0 Å². The van der Waals surface area contributed by atoms with Gasteiger partial charge in [-0.25, -0.2) is 4.79 Å². The number of aliphatic carboxylic acids is 1. The Morgan fingerprint density at radius 1 is 1.39 bits per heavy atom. The van der Waals surface area contributed by atoms with Gasteiger partial charge in [-0.3, -0.25) is 4.79 Å². The van der Waals surface area contributed by atoms with Crippen LogP contribution in [0.3, 0.4) is 0 Å². The van der Waals surface area contributed by atoms with Gasteiger partial charge in [-0.15, -0.1) is 0 Å². The molecular formula is C16H20BrNO5. The molecule has 0 saturated carbocycles. The predicted molar refractivity (Wildman–Crippen MR) is 90.5 cm³/mol. The Labute approximate surface area is 143 Å². The van der Waals surface area contributed by atoms with Gasteiger partial charge in [0.05, 0.1) is 17.2 Å². The van der Waals surface area contributed by atoms with Crippen molar-refractivity contribution in [2.45, 2.75) is 33.8 Å². The van der Waals surface area contributed by atoms with Crippen molar-refractivity contribution in [3.8, 4) is 11.5 Å². The molecule has 0 aliphatic rings. The van der Waals surface area contributed by atoms with Crippen LogP contribution < -0.4 is 14.8 Å². The Morgan fingerprint density at radius 3 is 2.52 bits per heavy atom. The summed E-state index contributed by atoms with van der Waals surface area (Å²) in [5.74, 6) is -0.635. The molecule has 0 aromatic heterocycles. The van der Waals surface area contributed by atoms with E-state index < -0.39 is 11.9 Å². The van der Waals surface area contributed by atoms with Gasteiger partial charge in [0.1, 0.15) is 5.70 Å². The van der Waals surface area contributed by atoms with Crippen LogP contribution in [0.5, 0.6) is 11.5 Å². The molecule has 6 nitrogen and oxygen atoms in total. The fourth-order valence-corrected chi connectivity index (χ4v) is 2.35. The molecule has 0 bridgehead atoms. The van der Waals surface area contributed by atoms with Gasteiger partial charge in [0.25, 0.3) is 0 Å². The van der Waals surface area contributed by atoms with Crippen LogP contribution in [-0.4, -0.2) is 29.7 Å². The summed E-state index contributed by atoms with van der Waals surface area (Å²) in [6, 6.07) is 3.36. The van der Waals surface area contributed by atoms with E-state index in [1.165, 1.54) is 13.0 Å². The van der Waals surface area contributed by atoms with Gasteiger partial charge in [0, 0.05) is 6.92 Å². The summed E-state index contributed by atoms with van der Waals surface area (Å²) < 4.78 is 11.9. The van der Waals surface area contributed by atoms with Gasteiger partial charge >= 0.3 is 5.97 Å². The minimum absolute atomic E-state index is 0.0409. The van der Waals surface area contributed by atoms with Crippen molar-refractivity contribution in [2.24, 2.45) is 0 Å². The maximum atomic E-state index is 11.2. The molecule has 0 aliphatic carbocycles. The summed E-state index contributed by atoms with van der Waals surface area (Å²) >= 11 is 3.41. The van der Waals surface area contributed by atoms with E-state index in [-0.39, 0.29) is 11.8 Å². The number of hydrogen-bond acceptors (Lipinski definition) is 4. The van der Waals surface area contributed by atoms with Crippen LogP contribution in [0.2, 0.25) is 0 Å². The third kappa shape index (κ3) is 5.94. The molecule has 0 saturated heterocycles. The maximum absolute atomic E-state index is 11.2. The van der Waals surface area contributed by atoms with Crippen molar-refractivity contribution >= 4 is 33.9 Å². The Hall–Kier alpha value is -2.02. The number of carboxylic acid groups (broad SMARTS) is 1. The van der Waals surface area contributed by atoms with Crippen LogP contribution in [-0.2, 0) is 9.59 Å². The third-order valence-corrected chi connectivity index (χ3v) is 3.13. The standard InChI is InChI=1S/C16H20BrNO5/c1-5-22-14-8-11(6-12(17)15(14)23-9(2)3)7-13(16(20)21)18-10(4)19/h6-9H,5H2,1-4H3,(H,18,19)(H,20,21)/b13-7+. The molecular weight excluding hydrogens is 366 g/mol. The lowest BCUT2D eigenvalue weighted by Crippen LogP contribution is -2.24. The van der Waals surface area contributed by atoms with E-state index in [2.05, 4.69) is 21.2 Å². The number of nitrogens with one attached hydrogen (secondary N) is 1. The monoisotopic (exact) mass is 385 g/mol. The van der Waals surface area contributed by atoms with Gasteiger partial charge < -0.3 is 19.9 Å². The summed E-state index contributed by atoms with van der Waals surface area (Å²) in [6.07, 6.45) is 1.32. The summed E-state index contributed by atoms with van der Waals surface area (Å²) in [7, 11) is 0. The topological polar surface area (TPSA) is 84.9 Å². The van der Waals surface area contributed by atoms with Crippen molar-refractivity contribution in [2.75, 3.05) is 6.61 Å². The largest absolute Gasteiger partial charge is 0.490 e. The van der Waals surface area contributed by atoms with Crippen LogP contribution in [0.15, 0.2) is 22.3 Å². The van der Waals surface area contributed by atoms with E-state index in [0.717, 1.165) is 0 Å². The number of carboxylic acids is 1. The first-order chi connectivity index (χ1) is 10.7. The zero-order valence-electron chi connectivity index (χ0n) is 13.5. The summed E-state index contributed by atoms with van der Waals surface area (Å²) in [6.45, 7) is 7.32. The number of halogens is 1. The van der Waals surface area contributed by atoms with Gasteiger partial charge in [-0.1, -0.05) is 0 Å². The minimum atomic E-state index is -1.23. The smallest absolute Gasteiger partial charge is 0.352 e. The normalized spacial score (nSPS) is 11.3. The molecule has 0 heterocycles. The average molecular weight is 386 g/mol. The Morgan fingerprint density at radius 2 is 2.04 bits per heavy atom. The van der Waals surface area contributed by atoms with Gasteiger partial charge in [0.15, 0.2) is 11.5 Å². The molecule has 0 spiro atoms. The van der Waals surface area contributed by atoms with Crippen LogP contribution in [0.4, 0.5) is 0 Å². The molecule has 1 rings (SSSR count). The molecule has 1 aromatic carbocycles. The number of ether oxygens (including phenoxy) is 2. The molecule has 0 fully saturated rings. The molecule has 23 heavy (non-hydrogen) atoms. The van der Waals surface area contributed by atoms with Gasteiger partial charge in [0.2, 0.25) is 5.91 Å². The molecule has 2 N–H and O–H groups in total. The second-order valence-electron chi connectivity index (χ2n) is 4.97. The number of rotatable bonds is 7. The SMILES string of the molecule is CCOc1cc(/C=C(/NC(C)=O)C(=O)O)cc(Br)c1OC(C)C. The molecule has 1 amide bonds. The fraction of sp³-hybridized carbons (Fsp3) is 0.375. The first-order valence-corrected chi connectivity index (χ1v) is 7.89. The summed E-state index contributed by atoms with van der Waals surface area (Å²) in [5, 5.41) is 11.4. The Bertz CT molecular complexity index is 625. The lowest BCUT2D eigenvalue weighted by Gasteiger charge is -2.17. The summed E-state index contributed by atoms with van der Waals surface area (Å²) in [4.78, 5) is 22.3. The second-order valence-corrected chi connectivity index (χ2v) is 5.83. The molecule has 0 atom stereocenters. The van der Waals surface area contributed by atoms with Crippen LogP contribution in [0, 0.1) is 0 Å². The van der Waals surface area contributed by atoms with E-state index in [4.69, 9.17) is 14.6 Å². The molecule has 0 aliphatic heterocycles. The second kappa shape index (κ2) is 8.57. The quantitative estimate of drug-likeness (QED) is 0.703. The van der Waals surface area contributed by atoms with Gasteiger partial charge in [-0.2, -0.15) is 0 Å². The third-order valence-electron chi connectivity index (χ3n) is 2.54. The zero-order valence-corrected chi connectivity index (χ0v) is 15.1. The van der Waals surface area contributed by atoms with E-state index in [9.17, 15) is 9.59 Å². The van der Waals surface area contributed by atoms with Crippen molar-refractivity contribution in [1.29, 1.82) is 0 Å². The highest BCUT2D eigenvalue weighted by Gasteiger charge is 2.15. The molecule has 7 heteroatoms.